The van der Waals surface area contributed by atoms with E-state index >= 15 is 0 Å². The summed E-state index contributed by atoms with van der Waals surface area (Å²) in [5.74, 6) is -1.06. The van der Waals surface area contributed by atoms with Crippen LogP contribution in [-0.2, 0) is 19.0 Å². The van der Waals surface area contributed by atoms with Crippen LogP contribution < -0.4 is 0 Å². The lowest BCUT2D eigenvalue weighted by Crippen LogP contribution is -2.54. The lowest BCUT2D eigenvalue weighted by atomic mass is 10.0. The third kappa shape index (κ3) is 2.81. The van der Waals surface area contributed by atoms with E-state index in [2.05, 4.69) is 0 Å². The first kappa shape index (κ1) is 13.3. The number of carbonyl (C=O) groups is 2. The van der Waals surface area contributed by atoms with Gasteiger partial charge in [0, 0.05) is 12.8 Å². The van der Waals surface area contributed by atoms with Crippen molar-refractivity contribution in [2.75, 3.05) is 19.8 Å². The number of piperidine rings is 1. The predicted molar refractivity (Wildman–Crippen MR) is 61.8 cm³/mol. The second-order valence-electron chi connectivity index (χ2n) is 5.57. The summed E-state index contributed by atoms with van der Waals surface area (Å²) >= 11 is 0. The van der Waals surface area contributed by atoms with E-state index in [1.807, 2.05) is 0 Å². The van der Waals surface area contributed by atoms with Crippen molar-refractivity contribution in [2.24, 2.45) is 0 Å². The molecule has 2 fully saturated rings. The average Bonchev–Trinajstić information content (AvgIpc) is 2.68. The number of hydrogen-bond donors (Lipinski definition) is 0. The highest BCUT2D eigenvalue weighted by atomic mass is 16.7. The van der Waals surface area contributed by atoms with Gasteiger partial charge in [-0.25, -0.2) is 9.69 Å². The van der Waals surface area contributed by atoms with Crippen molar-refractivity contribution >= 4 is 12.0 Å². The first-order chi connectivity index (χ1) is 8.31. The van der Waals surface area contributed by atoms with E-state index in [1.54, 1.807) is 20.8 Å². The highest BCUT2D eigenvalue weighted by Crippen LogP contribution is 2.31. The van der Waals surface area contributed by atoms with Gasteiger partial charge in [0.2, 0.25) is 5.91 Å². The van der Waals surface area contributed by atoms with E-state index in [1.165, 1.54) is 0 Å². The molecule has 0 saturated carbocycles. The topological polar surface area (TPSA) is 65.1 Å². The second-order valence-corrected chi connectivity index (χ2v) is 5.57. The molecule has 0 aliphatic carbocycles. The Morgan fingerprint density at radius 2 is 1.94 bits per heavy atom. The van der Waals surface area contributed by atoms with Gasteiger partial charge in [-0.15, -0.1) is 0 Å². The fourth-order valence-corrected chi connectivity index (χ4v) is 2.06. The largest absolute Gasteiger partial charge is 0.443 e. The monoisotopic (exact) mass is 257 g/mol. The molecule has 18 heavy (non-hydrogen) atoms. The molecular formula is C12H19NO5. The highest BCUT2D eigenvalue weighted by Gasteiger charge is 2.46. The van der Waals surface area contributed by atoms with Crippen molar-refractivity contribution in [3.05, 3.63) is 0 Å². The molecule has 6 nitrogen and oxygen atoms in total. The molecule has 1 spiro atoms. The average molecular weight is 257 g/mol. The number of amides is 2. The summed E-state index contributed by atoms with van der Waals surface area (Å²) in [6, 6.07) is 0. The van der Waals surface area contributed by atoms with Gasteiger partial charge in [0.25, 0.3) is 0 Å². The lowest BCUT2D eigenvalue weighted by molar-refractivity contribution is -0.192. The molecular weight excluding hydrogens is 238 g/mol. The van der Waals surface area contributed by atoms with Crippen molar-refractivity contribution in [3.63, 3.8) is 0 Å². The van der Waals surface area contributed by atoms with Gasteiger partial charge in [-0.1, -0.05) is 0 Å². The standard InChI is InChI=1S/C12H19NO5/c1-11(2,3)18-10(15)13-8-12(5-4-9(13)14)16-6-7-17-12/h4-8H2,1-3H3. The maximum absolute atomic E-state index is 11.9. The zero-order valence-electron chi connectivity index (χ0n) is 11.0. The summed E-state index contributed by atoms with van der Waals surface area (Å²) in [5.41, 5.74) is -0.626. The van der Waals surface area contributed by atoms with Gasteiger partial charge in [0.05, 0.1) is 19.8 Å². The quantitative estimate of drug-likeness (QED) is 0.654. The molecule has 102 valence electrons. The van der Waals surface area contributed by atoms with Crippen LogP contribution in [0.1, 0.15) is 33.6 Å². The van der Waals surface area contributed by atoms with Crippen LogP contribution in [0.2, 0.25) is 0 Å². The zero-order chi connectivity index (χ0) is 13.4. The Balaban J connectivity index is 2.06. The maximum atomic E-state index is 11.9. The van der Waals surface area contributed by atoms with Crippen LogP contribution in [0.15, 0.2) is 0 Å². The van der Waals surface area contributed by atoms with Crippen molar-refractivity contribution in [1.29, 1.82) is 0 Å². The minimum Gasteiger partial charge on any atom is -0.443 e. The summed E-state index contributed by atoms with van der Waals surface area (Å²) in [7, 11) is 0. The fourth-order valence-electron chi connectivity index (χ4n) is 2.06. The lowest BCUT2D eigenvalue weighted by Gasteiger charge is -2.37. The molecule has 2 aliphatic rings. The van der Waals surface area contributed by atoms with Crippen LogP contribution in [0, 0.1) is 0 Å². The Bertz CT molecular complexity index is 354. The summed E-state index contributed by atoms with van der Waals surface area (Å²) in [6.07, 6.45) is 0.0929. The summed E-state index contributed by atoms with van der Waals surface area (Å²) in [5, 5.41) is 0. The van der Waals surface area contributed by atoms with Gasteiger partial charge >= 0.3 is 6.09 Å². The summed E-state index contributed by atoms with van der Waals surface area (Å²) < 4.78 is 16.2. The molecule has 2 heterocycles. The smallest absolute Gasteiger partial charge is 0.417 e. The number of nitrogens with zero attached hydrogens (tertiary/aromatic N) is 1. The van der Waals surface area contributed by atoms with Gasteiger partial charge in [-0.05, 0) is 20.8 Å². The van der Waals surface area contributed by atoms with E-state index < -0.39 is 17.5 Å². The van der Waals surface area contributed by atoms with Crippen molar-refractivity contribution in [1.82, 2.24) is 4.90 Å². The van der Waals surface area contributed by atoms with Crippen LogP contribution in [-0.4, -0.2) is 48.0 Å². The summed E-state index contributed by atoms with van der Waals surface area (Å²) in [4.78, 5) is 24.8. The van der Waals surface area contributed by atoms with Crippen LogP contribution in [0.4, 0.5) is 4.79 Å². The summed E-state index contributed by atoms with van der Waals surface area (Å²) in [6.45, 7) is 6.39. The molecule has 0 N–H and O–H groups in total. The molecule has 0 bridgehead atoms. The molecule has 2 aliphatic heterocycles. The first-order valence-corrected chi connectivity index (χ1v) is 6.13. The van der Waals surface area contributed by atoms with Crippen LogP contribution in [0.25, 0.3) is 0 Å². The molecule has 0 aromatic rings. The number of ether oxygens (including phenoxy) is 3. The van der Waals surface area contributed by atoms with Gasteiger partial charge in [0.15, 0.2) is 5.79 Å². The first-order valence-electron chi connectivity index (χ1n) is 6.13. The molecule has 0 aromatic carbocycles. The van der Waals surface area contributed by atoms with E-state index in [0.29, 0.717) is 19.6 Å². The van der Waals surface area contributed by atoms with E-state index in [0.717, 1.165) is 4.90 Å². The van der Waals surface area contributed by atoms with Crippen molar-refractivity contribution < 1.29 is 23.8 Å². The Morgan fingerprint density at radius 3 is 2.50 bits per heavy atom. The minimum atomic E-state index is -0.815. The molecule has 2 saturated heterocycles. The number of carbonyl (C=O) groups excluding carboxylic acids is 2. The fraction of sp³-hybridized carbons (Fsp3) is 0.833. The van der Waals surface area contributed by atoms with E-state index in [-0.39, 0.29) is 18.9 Å². The van der Waals surface area contributed by atoms with Crippen LogP contribution >= 0.6 is 0 Å². The molecule has 0 radical (unpaired) electrons. The second kappa shape index (κ2) is 4.51. The van der Waals surface area contributed by atoms with Crippen molar-refractivity contribution in [3.8, 4) is 0 Å². The Kier molecular flexibility index (Phi) is 3.33. The maximum Gasteiger partial charge on any atom is 0.417 e. The Morgan fingerprint density at radius 1 is 1.33 bits per heavy atom. The molecule has 2 rings (SSSR count). The van der Waals surface area contributed by atoms with Gasteiger partial charge in [-0.2, -0.15) is 0 Å². The van der Waals surface area contributed by atoms with E-state index in [9.17, 15) is 9.59 Å². The number of hydrogen-bond acceptors (Lipinski definition) is 5. The Labute approximate surface area is 106 Å². The number of rotatable bonds is 0. The highest BCUT2D eigenvalue weighted by molar-refractivity contribution is 5.92. The normalized spacial score (nSPS) is 23.5. The third-order valence-electron chi connectivity index (χ3n) is 2.85. The van der Waals surface area contributed by atoms with Gasteiger partial charge < -0.3 is 14.2 Å². The number of imide groups is 1. The van der Waals surface area contributed by atoms with Crippen LogP contribution in [0.3, 0.4) is 0 Å². The molecule has 0 aromatic heterocycles. The zero-order valence-corrected chi connectivity index (χ0v) is 11.0. The predicted octanol–water partition coefficient (Wildman–Crippen LogP) is 1.29. The van der Waals surface area contributed by atoms with Crippen molar-refractivity contribution in [2.45, 2.75) is 45.0 Å². The SMILES string of the molecule is CC(C)(C)OC(=O)N1CC2(CCC1=O)OCCO2. The number of likely N-dealkylation sites (tertiary alicyclic amines) is 1. The molecule has 6 heteroatoms. The van der Waals surface area contributed by atoms with Crippen LogP contribution in [0.5, 0.6) is 0 Å². The third-order valence-corrected chi connectivity index (χ3v) is 2.85. The van der Waals surface area contributed by atoms with Gasteiger partial charge in [-0.3, -0.25) is 4.79 Å². The molecule has 0 unspecified atom stereocenters. The Hall–Kier alpha value is -1.14. The molecule has 0 atom stereocenters. The molecule has 2 amide bonds. The van der Waals surface area contributed by atoms with Gasteiger partial charge in [0.1, 0.15) is 5.60 Å². The minimum absolute atomic E-state index is 0.112. The van der Waals surface area contributed by atoms with E-state index in [4.69, 9.17) is 14.2 Å².